The molecule has 64 valence electrons. The lowest BCUT2D eigenvalue weighted by atomic mass is 9.86. The molecule has 1 heterocycles. The fraction of sp³-hybridized carbons (Fsp3) is 0.889. The van der Waals surface area contributed by atoms with Gasteiger partial charge < -0.3 is 5.32 Å². The molecule has 0 aliphatic carbocycles. The Morgan fingerprint density at radius 1 is 1.27 bits per heavy atom. The molecule has 11 heavy (non-hydrogen) atoms. The average Bonchev–Trinajstić information content (AvgIpc) is 1.85. The monoisotopic (exact) mass is 155 g/mol. The van der Waals surface area contributed by atoms with Crippen LogP contribution in [0.1, 0.15) is 33.6 Å². The van der Waals surface area contributed by atoms with Crippen LogP contribution in [0, 0.1) is 5.92 Å². The summed E-state index contributed by atoms with van der Waals surface area (Å²) in [5.74, 6) is 0.659. The van der Waals surface area contributed by atoms with Crippen molar-refractivity contribution in [2.24, 2.45) is 5.92 Å². The Kier molecular flexibility index (Phi) is 2.66. The van der Waals surface area contributed by atoms with E-state index in [4.69, 9.17) is 0 Å². The Hall–Kier alpha value is -0.370. The first-order chi connectivity index (χ1) is 5.09. The third kappa shape index (κ3) is 2.29. The third-order valence-electron chi connectivity index (χ3n) is 2.42. The Morgan fingerprint density at radius 3 is 2.09 bits per heavy atom. The van der Waals surface area contributed by atoms with Crippen molar-refractivity contribution in [2.75, 3.05) is 0 Å². The van der Waals surface area contributed by atoms with Gasteiger partial charge in [0.1, 0.15) is 5.78 Å². The Labute approximate surface area is 68.4 Å². The van der Waals surface area contributed by atoms with E-state index in [1.807, 2.05) is 0 Å². The molecule has 0 saturated carbocycles. The summed E-state index contributed by atoms with van der Waals surface area (Å²) in [7, 11) is 0. The lowest BCUT2D eigenvalue weighted by Crippen LogP contribution is -2.43. The van der Waals surface area contributed by atoms with Crippen molar-refractivity contribution in [1.82, 2.24) is 5.32 Å². The molecule has 0 aromatic rings. The highest BCUT2D eigenvalue weighted by molar-refractivity contribution is 5.78. The number of hydrogen-bond acceptors (Lipinski definition) is 2. The van der Waals surface area contributed by atoms with Gasteiger partial charge in [-0.1, -0.05) is 0 Å². The number of carbonyl (C=O) groups excluding carboxylic acids is 1. The molecule has 0 aromatic carbocycles. The molecule has 1 aliphatic heterocycles. The summed E-state index contributed by atoms with van der Waals surface area (Å²) in [4.78, 5) is 11.1. The lowest BCUT2D eigenvalue weighted by Gasteiger charge is -2.31. The summed E-state index contributed by atoms with van der Waals surface area (Å²) in [6.07, 6.45) is 2.03. The van der Waals surface area contributed by atoms with E-state index in [0.717, 1.165) is 12.8 Å². The van der Waals surface area contributed by atoms with E-state index < -0.39 is 0 Å². The number of ketones is 1. The summed E-state index contributed by atoms with van der Waals surface area (Å²) < 4.78 is 0. The van der Waals surface area contributed by atoms with Crippen molar-refractivity contribution in [2.45, 2.75) is 45.7 Å². The molecule has 0 radical (unpaired) electrons. The van der Waals surface area contributed by atoms with Gasteiger partial charge >= 0.3 is 0 Å². The molecular formula is C9H17NO. The Morgan fingerprint density at radius 2 is 1.73 bits per heavy atom. The molecule has 2 atom stereocenters. The van der Waals surface area contributed by atoms with E-state index in [2.05, 4.69) is 19.2 Å². The second-order valence-electron chi connectivity index (χ2n) is 3.75. The fourth-order valence-corrected chi connectivity index (χ4v) is 1.90. The van der Waals surface area contributed by atoms with E-state index in [0.29, 0.717) is 23.8 Å². The SMILES string of the molecule is CC(=O)C1CC(C)NC(C)C1. The summed E-state index contributed by atoms with van der Waals surface area (Å²) in [6, 6.07) is 1.01. The first kappa shape index (κ1) is 8.72. The molecule has 1 fully saturated rings. The Balaban J connectivity index is 2.49. The zero-order valence-corrected chi connectivity index (χ0v) is 7.55. The van der Waals surface area contributed by atoms with Crippen LogP contribution in [0.4, 0.5) is 0 Å². The molecule has 1 rings (SSSR count). The van der Waals surface area contributed by atoms with Crippen LogP contribution in [0.25, 0.3) is 0 Å². The van der Waals surface area contributed by atoms with E-state index in [1.54, 1.807) is 6.92 Å². The van der Waals surface area contributed by atoms with E-state index in [-0.39, 0.29) is 0 Å². The highest BCUT2D eigenvalue weighted by atomic mass is 16.1. The van der Waals surface area contributed by atoms with Gasteiger partial charge in [-0.05, 0) is 33.6 Å². The predicted octanol–water partition coefficient (Wildman–Crippen LogP) is 1.35. The minimum Gasteiger partial charge on any atom is -0.312 e. The maximum Gasteiger partial charge on any atom is 0.133 e. The summed E-state index contributed by atoms with van der Waals surface area (Å²) >= 11 is 0. The largest absolute Gasteiger partial charge is 0.312 e. The van der Waals surface area contributed by atoms with Crippen LogP contribution in [0.15, 0.2) is 0 Å². The van der Waals surface area contributed by atoms with Gasteiger partial charge in [-0.15, -0.1) is 0 Å². The van der Waals surface area contributed by atoms with Gasteiger partial charge in [0.05, 0.1) is 0 Å². The number of hydrogen-bond donors (Lipinski definition) is 1. The van der Waals surface area contributed by atoms with Gasteiger partial charge in [-0.3, -0.25) is 4.79 Å². The summed E-state index contributed by atoms with van der Waals surface area (Å²) in [5, 5.41) is 3.41. The van der Waals surface area contributed by atoms with Crippen molar-refractivity contribution in [3.05, 3.63) is 0 Å². The minimum atomic E-state index is 0.307. The smallest absolute Gasteiger partial charge is 0.133 e. The van der Waals surface area contributed by atoms with Crippen LogP contribution in [0.2, 0.25) is 0 Å². The molecule has 0 amide bonds. The normalized spacial score (nSPS) is 38.6. The quantitative estimate of drug-likeness (QED) is 0.619. The fourth-order valence-electron chi connectivity index (χ4n) is 1.90. The summed E-state index contributed by atoms with van der Waals surface area (Å²) in [6.45, 7) is 5.99. The second kappa shape index (κ2) is 3.35. The van der Waals surface area contributed by atoms with Gasteiger partial charge in [0, 0.05) is 18.0 Å². The van der Waals surface area contributed by atoms with Crippen molar-refractivity contribution < 1.29 is 4.79 Å². The standard InChI is InChI=1S/C9H17NO/c1-6-4-9(8(3)11)5-7(2)10-6/h6-7,9-10H,4-5H2,1-3H3. The number of nitrogens with one attached hydrogen (secondary N) is 1. The molecular weight excluding hydrogens is 138 g/mol. The first-order valence-corrected chi connectivity index (χ1v) is 4.36. The highest BCUT2D eigenvalue weighted by Crippen LogP contribution is 2.20. The topological polar surface area (TPSA) is 29.1 Å². The second-order valence-corrected chi connectivity index (χ2v) is 3.75. The molecule has 1 N–H and O–H groups in total. The van der Waals surface area contributed by atoms with Gasteiger partial charge in [-0.2, -0.15) is 0 Å². The van der Waals surface area contributed by atoms with Crippen molar-refractivity contribution in [3.8, 4) is 0 Å². The molecule has 1 aliphatic rings. The van der Waals surface area contributed by atoms with Crippen LogP contribution in [0.3, 0.4) is 0 Å². The number of carbonyl (C=O) groups is 1. The average molecular weight is 155 g/mol. The molecule has 2 unspecified atom stereocenters. The van der Waals surface area contributed by atoms with Crippen molar-refractivity contribution in [1.29, 1.82) is 0 Å². The van der Waals surface area contributed by atoms with Crippen LogP contribution in [-0.2, 0) is 4.79 Å². The third-order valence-corrected chi connectivity index (χ3v) is 2.42. The first-order valence-electron chi connectivity index (χ1n) is 4.36. The number of piperidine rings is 1. The molecule has 2 heteroatoms. The van der Waals surface area contributed by atoms with Crippen LogP contribution in [0.5, 0.6) is 0 Å². The van der Waals surface area contributed by atoms with Gasteiger partial charge in [-0.25, -0.2) is 0 Å². The lowest BCUT2D eigenvalue weighted by molar-refractivity contribution is -0.122. The van der Waals surface area contributed by atoms with Crippen LogP contribution in [-0.4, -0.2) is 17.9 Å². The van der Waals surface area contributed by atoms with Crippen LogP contribution < -0.4 is 5.32 Å². The van der Waals surface area contributed by atoms with E-state index in [1.165, 1.54) is 0 Å². The molecule has 1 saturated heterocycles. The van der Waals surface area contributed by atoms with E-state index >= 15 is 0 Å². The summed E-state index contributed by atoms with van der Waals surface area (Å²) in [5.41, 5.74) is 0. The molecule has 0 bridgehead atoms. The zero-order chi connectivity index (χ0) is 8.43. The maximum absolute atomic E-state index is 11.1. The van der Waals surface area contributed by atoms with Gasteiger partial charge in [0.2, 0.25) is 0 Å². The van der Waals surface area contributed by atoms with Crippen LogP contribution >= 0.6 is 0 Å². The van der Waals surface area contributed by atoms with Gasteiger partial charge in [0.15, 0.2) is 0 Å². The number of Topliss-reactive ketones (excluding diaryl/α,β-unsaturated/α-hetero) is 1. The Bertz CT molecular complexity index is 146. The van der Waals surface area contributed by atoms with Gasteiger partial charge in [0.25, 0.3) is 0 Å². The highest BCUT2D eigenvalue weighted by Gasteiger charge is 2.25. The van der Waals surface area contributed by atoms with Crippen molar-refractivity contribution >= 4 is 5.78 Å². The number of rotatable bonds is 1. The minimum absolute atomic E-state index is 0.307. The maximum atomic E-state index is 11.1. The van der Waals surface area contributed by atoms with Crippen molar-refractivity contribution in [3.63, 3.8) is 0 Å². The van der Waals surface area contributed by atoms with E-state index in [9.17, 15) is 4.79 Å². The molecule has 2 nitrogen and oxygen atoms in total. The predicted molar refractivity (Wildman–Crippen MR) is 45.5 cm³/mol. The molecule has 0 aromatic heterocycles. The molecule has 0 spiro atoms. The zero-order valence-electron chi connectivity index (χ0n) is 7.55.